The highest BCUT2D eigenvalue weighted by Crippen LogP contribution is 2.76. The van der Waals surface area contributed by atoms with Crippen LogP contribution in [0.25, 0.3) is 11.2 Å². The lowest BCUT2D eigenvalue weighted by Gasteiger charge is -2.37. The molecule has 7 atom stereocenters. The third-order valence-electron chi connectivity index (χ3n) is 9.00. The molecule has 5 rings (SSSR count). The van der Waals surface area contributed by atoms with Crippen molar-refractivity contribution >= 4 is 54.2 Å². The minimum atomic E-state index is -2.61. The molecule has 0 bridgehead atoms. The number of anilines is 1. The summed E-state index contributed by atoms with van der Waals surface area (Å²) in [7, 11) is -2.01. The molecular formula is C26H42N5O4PS2Si. The highest BCUT2D eigenvalue weighted by Gasteiger charge is 2.55. The number of ether oxygens (including phenoxy) is 1. The van der Waals surface area contributed by atoms with E-state index in [1.165, 1.54) is 11.9 Å². The Labute approximate surface area is 242 Å². The lowest BCUT2D eigenvalue weighted by molar-refractivity contribution is -0.0370. The first-order valence-electron chi connectivity index (χ1n) is 13.7. The summed E-state index contributed by atoms with van der Waals surface area (Å²) >= 11 is 7.90. The number of nitrogens with two attached hydrogens (primary N) is 1. The van der Waals surface area contributed by atoms with Crippen molar-refractivity contribution in [3.05, 3.63) is 24.8 Å². The average Bonchev–Trinajstić information content (AvgIpc) is 3.49. The van der Waals surface area contributed by atoms with Crippen molar-refractivity contribution in [2.24, 2.45) is 5.92 Å². The minimum absolute atomic E-state index is 0.0392. The summed E-state index contributed by atoms with van der Waals surface area (Å²) in [5.74, 6) is 0.816. The molecule has 0 amide bonds. The molecule has 2 aromatic heterocycles. The SMILES string of the molecule is C=C(C)[C@@H]1CC[C@]2(C)SP(=S)(O[C@H]3C[C@H](n4cnc5c(N)ncnc54)O[C@@H]3CO[Si](C)(C)C(C)(C)C)O[C@H]2C1. The van der Waals surface area contributed by atoms with Gasteiger partial charge >= 0.3 is 0 Å². The number of hydrogen-bond acceptors (Lipinski definition) is 10. The molecule has 9 nitrogen and oxygen atoms in total. The molecule has 1 saturated carbocycles. The van der Waals surface area contributed by atoms with Crippen LogP contribution in [0.1, 0.15) is 66.5 Å². The number of fused-ring (bicyclic) bond motifs is 2. The lowest BCUT2D eigenvalue weighted by Crippen LogP contribution is -2.44. The van der Waals surface area contributed by atoms with E-state index in [-0.39, 0.29) is 34.3 Å². The average molecular weight is 612 g/mol. The number of aromatic nitrogens is 4. The van der Waals surface area contributed by atoms with Gasteiger partial charge in [-0.25, -0.2) is 15.0 Å². The molecule has 0 aromatic carbocycles. The topological polar surface area (TPSA) is 107 Å². The molecule has 4 heterocycles. The van der Waals surface area contributed by atoms with Crippen molar-refractivity contribution in [2.75, 3.05) is 12.3 Å². The van der Waals surface area contributed by atoms with Crippen LogP contribution in [0.4, 0.5) is 5.82 Å². The lowest BCUT2D eigenvalue weighted by atomic mass is 9.77. The van der Waals surface area contributed by atoms with Gasteiger partial charge in [-0.3, -0.25) is 4.57 Å². The molecule has 2 aliphatic heterocycles. The number of hydrogen-bond donors (Lipinski definition) is 1. The summed E-state index contributed by atoms with van der Waals surface area (Å²) < 4.78 is 28.5. The van der Waals surface area contributed by atoms with Crippen molar-refractivity contribution in [3.63, 3.8) is 0 Å². The summed E-state index contributed by atoms with van der Waals surface area (Å²) in [5.41, 5.74) is 5.84. The van der Waals surface area contributed by atoms with Gasteiger partial charge in [0.25, 0.3) is 0 Å². The first-order chi connectivity index (χ1) is 18.1. The van der Waals surface area contributed by atoms with Crippen molar-refractivity contribution in [1.82, 2.24) is 19.5 Å². The van der Waals surface area contributed by atoms with E-state index in [0.717, 1.165) is 19.3 Å². The third kappa shape index (κ3) is 5.77. The molecule has 39 heavy (non-hydrogen) atoms. The standard InChI is InChI=1S/C26H42N5O4PS2Si/c1-16(2)17-9-10-26(6)20(11-17)35-36(37,38-26)34-18-12-21(31-15-30-22-23(27)28-14-29-24(22)31)33-19(18)13-32-39(7,8)25(3,4)5/h14-15,17-21H,1,9-13H2,2-8H3,(H2,27,28,29)/t17-,18+,19-,20+,21-,26+,36?/m1/s1. The molecule has 2 saturated heterocycles. The predicted molar refractivity (Wildman–Crippen MR) is 164 cm³/mol. The number of imidazole rings is 1. The minimum Gasteiger partial charge on any atom is -0.414 e. The van der Waals surface area contributed by atoms with Gasteiger partial charge in [0.15, 0.2) is 19.8 Å². The van der Waals surface area contributed by atoms with Crippen LogP contribution in [0.5, 0.6) is 0 Å². The zero-order chi connectivity index (χ0) is 28.4. The van der Waals surface area contributed by atoms with Crippen LogP contribution in [-0.2, 0) is 30.0 Å². The Morgan fingerprint density at radius 1 is 1.33 bits per heavy atom. The van der Waals surface area contributed by atoms with Gasteiger partial charge in [0.05, 0.1) is 25.1 Å². The Hall–Kier alpha value is -0.853. The number of rotatable bonds is 7. The van der Waals surface area contributed by atoms with Gasteiger partial charge in [-0.05, 0) is 69.0 Å². The molecule has 0 radical (unpaired) electrons. The van der Waals surface area contributed by atoms with Gasteiger partial charge in [-0.2, -0.15) is 0 Å². The zero-order valence-electron chi connectivity index (χ0n) is 24.0. The quantitative estimate of drug-likeness (QED) is 0.209. The van der Waals surface area contributed by atoms with E-state index in [1.54, 1.807) is 17.7 Å². The molecule has 1 aliphatic carbocycles. The number of allylic oxidation sites excluding steroid dienone is 1. The van der Waals surface area contributed by atoms with Gasteiger partial charge in [-0.1, -0.05) is 44.3 Å². The fourth-order valence-corrected chi connectivity index (χ4v) is 13.9. The van der Waals surface area contributed by atoms with Crippen molar-refractivity contribution in [3.8, 4) is 0 Å². The third-order valence-corrected chi connectivity index (χ3v) is 19.3. The fraction of sp³-hybridized carbons (Fsp3) is 0.731. The molecule has 3 aliphatic rings. The molecule has 2 N–H and O–H groups in total. The zero-order valence-corrected chi connectivity index (χ0v) is 27.6. The fourth-order valence-electron chi connectivity index (χ4n) is 5.32. The van der Waals surface area contributed by atoms with Gasteiger partial charge in [0, 0.05) is 11.2 Å². The summed E-state index contributed by atoms with van der Waals surface area (Å²) in [4.78, 5) is 12.9. The second-order valence-electron chi connectivity index (χ2n) is 12.9. The summed E-state index contributed by atoms with van der Waals surface area (Å²) in [6, 6.07) is 0. The monoisotopic (exact) mass is 611 g/mol. The smallest absolute Gasteiger partial charge is 0.248 e. The molecule has 0 spiro atoms. The van der Waals surface area contributed by atoms with Crippen LogP contribution >= 0.6 is 17.1 Å². The Bertz CT molecular complexity index is 1300. The molecule has 1 unspecified atom stereocenters. The Morgan fingerprint density at radius 2 is 2.08 bits per heavy atom. The Balaban J connectivity index is 1.38. The van der Waals surface area contributed by atoms with Crippen LogP contribution in [0.3, 0.4) is 0 Å². The van der Waals surface area contributed by atoms with Gasteiger partial charge < -0.3 is 23.9 Å². The molecule has 13 heteroatoms. The predicted octanol–water partition coefficient (Wildman–Crippen LogP) is 6.59. The first-order valence-corrected chi connectivity index (χ1v) is 20.6. The van der Waals surface area contributed by atoms with Crippen LogP contribution in [0.15, 0.2) is 24.8 Å². The van der Waals surface area contributed by atoms with Crippen molar-refractivity contribution in [1.29, 1.82) is 0 Å². The molecule has 3 fully saturated rings. The van der Waals surface area contributed by atoms with E-state index in [4.69, 9.17) is 35.8 Å². The summed E-state index contributed by atoms with van der Waals surface area (Å²) in [6.07, 6.45) is 5.99. The maximum Gasteiger partial charge on any atom is 0.248 e. The normalized spacial score (nSPS) is 35.4. The highest BCUT2D eigenvalue weighted by atomic mass is 32.9. The molecule has 2 aromatic rings. The first kappa shape index (κ1) is 29.6. The van der Waals surface area contributed by atoms with E-state index >= 15 is 0 Å². The van der Waals surface area contributed by atoms with Crippen LogP contribution in [-0.4, -0.2) is 57.5 Å². The van der Waals surface area contributed by atoms with E-state index in [1.807, 2.05) is 4.57 Å². The largest absolute Gasteiger partial charge is 0.414 e. The second kappa shape index (κ2) is 10.5. The van der Waals surface area contributed by atoms with Crippen molar-refractivity contribution in [2.45, 2.75) is 108 Å². The van der Waals surface area contributed by atoms with Crippen LogP contribution in [0, 0.1) is 5.92 Å². The Morgan fingerprint density at radius 3 is 2.77 bits per heavy atom. The van der Waals surface area contributed by atoms with Gasteiger partial charge in [0.1, 0.15) is 24.2 Å². The molecular weight excluding hydrogens is 570 g/mol. The number of nitrogens with zero attached hydrogens (tertiary/aromatic N) is 4. The number of nitrogen functional groups attached to an aromatic ring is 1. The van der Waals surface area contributed by atoms with Crippen LogP contribution < -0.4 is 5.73 Å². The molecule has 216 valence electrons. The van der Waals surface area contributed by atoms with E-state index < -0.39 is 14.0 Å². The highest BCUT2D eigenvalue weighted by molar-refractivity contribution is 8.68. The summed E-state index contributed by atoms with van der Waals surface area (Å²) in [6.45, 7) is 20.2. The maximum absolute atomic E-state index is 6.80. The van der Waals surface area contributed by atoms with E-state index in [2.05, 4.69) is 69.2 Å². The van der Waals surface area contributed by atoms with Gasteiger partial charge in [-0.15, -0.1) is 0 Å². The van der Waals surface area contributed by atoms with Gasteiger partial charge in [0.2, 0.25) is 5.69 Å². The Kier molecular flexibility index (Phi) is 7.94. The van der Waals surface area contributed by atoms with Crippen molar-refractivity contribution < 1.29 is 18.2 Å². The maximum atomic E-state index is 6.80. The second-order valence-corrected chi connectivity index (χ2v) is 24.3. The summed E-state index contributed by atoms with van der Waals surface area (Å²) in [5, 5.41) is 0.0805. The van der Waals surface area contributed by atoms with E-state index in [0.29, 0.717) is 35.9 Å². The van der Waals surface area contributed by atoms with Crippen LogP contribution in [0.2, 0.25) is 18.1 Å². The van der Waals surface area contributed by atoms with E-state index in [9.17, 15) is 0 Å².